The third-order valence-electron chi connectivity index (χ3n) is 6.30. The maximum atomic E-state index is 5.94. The zero-order valence-corrected chi connectivity index (χ0v) is 23.0. The molecule has 2 aromatic heterocycles. The molecule has 6 nitrogen and oxygen atoms in total. The van der Waals surface area contributed by atoms with Gasteiger partial charge in [0.15, 0.2) is 0 Å². The Labute approximate surface area is 202 Å². The van der Waals surface area contributed by atoms with Crippen molar-refractivity contribution >= 4 is 62.4 Å². The van der Waals surface area contributed by atoms with Crippen molar-refractivity contribution in [2.45, 2.75) is 90.0 Å². The van der Waals surface area contributed by atoms with Gasteiger partial charge in [-0.25, -0.2) is 4.98 Å². The molecule has 0 amide bonds. The normalized spacial score (nSPS) is 23.0. The van der Waals surface area contributed by atoms with E-state index in [2.05, 4.69) is 81.3 Å². The predicted octanol–water partition coefficient (Wildman–Crippen LogP) is 4.09. The molecule has 0 saturated carbocycles. The van der Waals surface area contributed by atoms with Crippen molar-refractivity contribution in [2.75, 3.05) is 0 Å². The summed E-state index contributed by atoms with van der Waals surface area (Å²) in [6.07, 6.45) is 3.67. The molecule has 0 bridgehead atoms. The summed E-state index contributed by atoms with van der Waals surface area (Å²) in [6, 6.07) is 0. The Kier molecular flexibility index (Phi) is 7.20. The van der Waals surface area contributed by atoms with Crippen LogP contribution in [-0.4, -0.2) is 46.6 Å². The van der Waals surface area contributed by atoms with Gasteiger partial charge in [-0.1, -0.05) is 15.9 Å². The minimum absolute atomic E-state index is 0.263. The van der Waals surface area contributed by atoms with Crippen LogP contribution >= 0.6 is 38.6 Å². The molecule has 0 N–H and O–H groups in total. The molecule has 2 saturated heterocycles. The van der Waals surface area contributed by atoms with E-state index in [1.165, 1.54) is 0 Å². The molecule has 0 atom stereocenters. The van der Waals surface area contributed by atoms with Crippen molar-refractivity contribution in [2.24, 2.45) is 0 Å². The minimum atomic E-state index is -0.282. The van der Waals surface area contributed by atoms with E-state index in [1.54, 1.807) is 22.7 Å². The van der Waals surface area contributed by atoms with Crippen LogP contribution in [0.3, 0.4) is 0 Å². The van der Waals surface area contributed by atoms with Crippen LogP contribution < -0.4 is 9.55 Å². The van der Waals surface area contributed by atoms with Crippen LogP contribution in [-0.2, 0) is 23.9 Å². The molecule has 2 fully saturated rings. The SMILES string of the molecule is CC1(C)OB(c2cnc(CBr)s2)OC1(C)C.Cc1ncc(B2OC(C)(C)C(C)(C)O2)s1. The fraction of sp³-hybridized carbons (Fsp3) is 0.700. The lowest BCUT2D eigenvalue weighted by Crippen LogP contribution is -2.41. The molecule has 0 radical (unpaired) electrons. The molecule has 2 aromatic rings. The van der Waals surface area contributed by atoms with Gasteiger partial charge in [-0.05, 0) is 62.3 Å². The fourth-order valence-electron chi connectivity index (χ4n) is 2.90. The molecule has 0 unspecified atom stereocenters. The van der Waals surface area contributed by atoms with Crippen LogP contribution in [0.1, 0.15) is 65.4 Å². The van der Waals surface area contributed by atoms with Crippen molar-refractivity contribution in [3.05, 3.63) is 22.4 Å². The average Bonchev–Trinajstić information content (AvgIpc) is 3.36. The summed E-state index contributed by atoms with van der Waals surface area (Å²) in [4.78, 5) is 8.50. The summed E-state index contributed by atoms with van der Waals surface area (Å²) in [7, 11) is -0.545. The molecule has 0 aromatic carbocycles. The van der Waals surface area contributed by atoms with Crippen molar-refractivity contribution in [3.8, 4) is 0 Å². The molecule has 170 valence electrons. The van der Waals surface area contributed by atoms with Gasteiger partial charge in [-0.3, -0.25) is 4.98 Å². The second-order valence-corrected chi connectivity index (χ2v) is 12.7. The third-order valence-corrected chi connectivity index (χ3v) is 9.15. The Morgan fingerprint density at radius 1 is 0.742 bits per heavy atom. The Hall–Kier alpha value is -0.290. The molecule has 31 heavy (non-hydrogen) atoms. The number of aromatic nitrogens is 2. The molecule has 4 heterocycles. The highest BCUT2D eigenvalue weighted by Crippen LogP contribution is 2.37. The number of alkyl halides is 1. The highest BCUT2D eigenvalue weighted by molar-refractivity contribution is 9.08. The van der Waals surface area contributed by atoms with Crippen molar-refractivity contribution < 1.29 is 18.6 Å². The van der Waals surface area contributed by atoms with Crippen molar-refractivity contribution in [3.63, 3.8) is 0 Å². The summed E-state index contributed by atoms with van der Waals surface area (Å²) in [6.45, 7) is 18.4. The summed E-state index contributed by atoms with van der Waals surface area (Å²) >= 11 is 6.64. The minimum Gasteiger partial charge on any atom is -0.399 e. The van der Waals surface area contributed by atoms with E-state index >= 15 is 0 Å². The summed E-state index contributed by atoms with van der Waals surface area (Å²) < 4.78 is 25.8. The van der Waals surface area contributed by atoms with E-state index in [0.29, 0.717) is 0 Å². The first-order chi connectivity index (χ1) is 14.2. The molecular formula is C20H31B2BrN2O4S2. The summed E-state index contributed by atoms with van der Waals surface area (Å²) in [5, 5.41) is 2.86. The van der Waals surface area contributed by atoms with Gasteiger partial charge in [0, 0.05) is 12.4 Å². The van der Waals surface area contributed by atoms with Crippen LogP contribution in [0.25, 0.3) is 0 Å². The van der Waals surface area contributed by atoms with E-state index < -0.39 is 0 Å². The van der Waals surface area contributed by atoms with Crippen LogP contribution in [0.4, 0.5) is 0 Å². The van der Waals surface area contributed by atoms with Crippen molar-refractivity contribution in [1.82, 2.24) is 9.97 Å². The predicted molar refractivity (Wildman–Crippen MR) is 133 cm³/mol. The molecule has 0 spiro atoms. The van der Waals surface area contributed by atoms with Gasteiger partial charge in [-0.15, -0.1) is 22.7 Å². The number of nitrogens with zero attached hydrogens (tertiary/aromatic N) is 2. The first kappa shape index (κ1) is 25.3. The largest absolute Gasteiger partial charge is 0.507 e. The molecule has 4 rings (SSSR count). The standard InChI is InChI=1S/C10H15BBrNO2S.C10H16BNO2S/c1-9(2)10(3,4)15-11(14-9)7-6-13-8(5-12)16-7;1-7-12-6-8(15-7)11-13-9(2,3)10(4,5)14-11/h6H,5H2,1-4H3;6H,1-5H3. The first-order valence-electron chi connectivity index (χ1n) is 10.3. The smallest absolute Gasteiger partial charge is 0.399 e. The van der Waals surface area contributed by atoms with Gasteiger partial charge in [0.05, 0.1) is 42.3 Å². The second kappa shape index (κ2) is 8.81. The Morgan fingerprint density at radius 3 is 1.45 bits per heavy atom. The van der Waals surface area contributed by atoms with Crippen LogP contribution in [0.15, 0.2) is 12.4 Å². The highest BCUT2D eigenvalue weighted by Gasteiger charge is 2.53. The van der Waals surface area contributed by atoms with Gasteiger partial charge in [-0.2, -0.15) is 0 Å². The lowest BCUT2D eigenvalue weighted by atomic mass is 9.89. The summed E-state index contributed by atoms with van der Waals surface area (Å²) in [5.74, 6) is 0. The molecular weight excluding hydrogens is 498 g/mol. The second-order valence-electron chi connectivity index (χ2n) is 9.75. The lowest BCUT2D eigenvalue weighted by molar-refractivity contribution is 0.00578. The monoisotopic (exact) mass is 528 g/mol. The number of hydrogen-bond donors (Lipinski definition) is 0. The molecule has 2 aliphatic heterocycles. The van der Waals surface area contributed by atoms with E-state index in [1.807, 2.05) is 19.3 Å². The summed E-state index contributed by atoms with van der Waals surface area (Å²) in [5.41, 5.74) is -1.10. The zero-order valence-electron chi connectivity index (χ0n) is 19.7. The van der Waals surface area contributed by atoms with Crippen LogP contribution in [0, 0.1) is 6.92 Å². The van der Waals surface area contributed by atoms with Crippen LogP contribution in [0.5, 0.6) is 0 Å². The number of hydrogen-bond acceptors (Lipinski definition) is 8. The molecule has 0 aliphatic carbocycles. The van der Waals surface area contributed by atoms with Gasteiger partial charge in [0.2, 0.25) is 0 Å². The first-order valence-corrected chi connectivity index (χ1v) is 13.1. The van der Waals surface area contributed by atoms with Crippen molar-refractivity contribution in [1.29, 1.82) is 0 Å². The Morgan fingerprint density at radius 2 is 1.13 bits per heavy atom. The zero-order chi connectivity index (χ0) is 23.2. The number of rotatable bonds is 3. The number of aryl methyl sites for hydroxylation is 1. The van der Waals surface area contributed by atoms with E-state index in [0.717, 1.165) is 24.9 Å². The maximum Gasteiger partial charge on any atom is 0.507 e. The Balaban J connectivity index is 0.000000176. The Bertz CT molecular complexity index is 885. The lowest BCUT2D eigenvalue weighted by Gasteiger charge is -2.32. The van der Waals surface area contributed by atoms with Gasteiger partial charge >= 0.3 is 14.2 Å². The van der Waals surface area contributed by atoms with Crippen LogP contribution in [0.2, 0.25) is 0 Å². The fourth-order valence-corrected chi connectivity index (χ4v) is 4.86. The van der Waals surface area contributed by atoms with E-state index in [4.69, 9.17) is 18.6 Å². The number of thiazole rings is 2. The van der Waals surface area contributed by atoms with Gasteiger partial charge in [0.25, 0.3) is 0 Å². The maximum absolute atomic E-state index is 5.94. The highest BCUT2D eigenvalue weighted by atomic mass is 79.9. The third kappa shape index (κ3) is 5.28. The van der Waals surface area contributed by atoms with Gasteiger partial charge < -0.3 is 18.6 Å². The topological polar surface area (TPSA) is 62.7 Å². The van der Waals surface area contributed by atoms with E-state index in [9.17, 15) is 0 Å². The quantitative estimate of drug-likeness (QED) is 0.442. The molecule has 2 aliphatic rings. The number of halogens is 1. The van der Waals surface area contributed by atoms with E-state index in [-0.39, 0.29) is 36.6 Å². The molecule has 11 heteroatoms. The van der Waals surface area contributed by atoms with Gasteiger partial charge in [0.1, 0.15) is 5.01 Å². The average molecular weight is 529 g/mol.